The summed E-state index contributed by atoms with van der Waals surface area (Å²) in [5, 5.41) is 4.79. The van der Waals surface area contributed by atoms with Gasteiger partial charge in [-0.1, -0.05) is 60.7 Å². The molecule has 1 aromatic heterocycles. The Morgan fingerprint density at radius 2 is 1.80 bits per heavy atom. The number of nitrogens with two attached hydrogens (primary N) is 1. The van der Waals surface area contributed by atoms with Gasteiger partial charge in [-0.25, -0.2) is 0 Å². The van der Waals surface area contributed by atoms with Crippen molar-refractivity contribution in [3.8, 4) is 11.3 Å². The van der Waals surface area contributed by atoms with E-state index >= 15 is 0 Å². The first-order chi connectivity index (χ1) is 14.1. The smallest absolute Gasteiger partial charge is 0.257 e. The summed E-state index contributed by atoms with van der Waals surface area (Å²) >= 11 is 0. The Labute approximate surface area is 184 Å². The Morgan fingerprint density at radius 3 is 2.47 bits per heavy atom. The number of benzene rings is 2. The van der Waals surface area contributed by atoms with Crippen molar-refractivity contribution in [3.05, 3.63) is 78.0 Å². The standard InChI is InChI=1S/C24H28N4O.ClH/c1-18(25)21-13-8-14-27(16-21)24(29)22-17-28(15-19-9-4-2-5-10-19)26-23(22)20-11-6-3-7-12-20;/h2-7,9-12,17-18,21H,8,13-16,25H2,1H3;1H. The van der Waals surface area contributed by atoms with E-state index in [-0.39, 0.29) is 24.4 Å². The molecule has 1 aliphatic heterocycles. The number of nitrogens with zero attached hydrogens (tertiary/aromatic N) is 3. The highest BCUT2D eigenvalue weighted by Gasteiger charge is 2.29. The molecule has 0 aliphatic carbocycles. The van der Waals surface area contributed by atoms with Crippen LogP contribution in [-0.2, 0) is 6.54 Å². The van der Waals surface area contributed by atoms with E-state index < -0.39 is 0 Å². The predicted molar refractivity (Wildman–Crippen MR) is 123 cm³/mol. The maximum atomic E-state index is 13.5. The monoisotopic (exact) mass is 424 g/mol. The summed E-state index contributed by atoms with van der Waals surface area (Å²) in [6.07, 6.45) is 3.98. The molecule has 2 aromatic carbocycles. The second-order valence-electron chi connectivity index (χ2n) is 7.95. The summed E-state index contributed by atoms with van der Waals surface area (Å²) in [4.78, 5) is 15.4. The van der Waals surface area contributed by atoms with Crippen LogP contribution in [0.5, 0.6) is 0 Å². The van der Waals surface area contributed by atoms with Gasteiger partial charge in [0.1, 0.15) is 5.69 Å². The van der Waals surface area contributed by atoms with E-state index in [0.717, 1.165) is 36.2 Å². The van der Waals surface area contributed by atoms with Crippen molar-refractivity contribution in [2.75, 3.05) is 13.1 Å². The maximum absolute atomic E-state index is 13.5. The number of aromatic nitrogens is 2. The number of hydrogen-bond acceptors (Lipinski definition) is 3. The molecule has 1 saturated heterocycles. The fraction of sp³-hybridized carbons (Fsp3) is 0.333. The summed E-state index contributed by atoms with van der Waals surface area (Å²) < 4.78 is 1.87. The topological polar surface area (TPSA) is 64.2 Å². The molecule has 4 rings (SSSR count). The summed E-state index contributed by atoms with van der Waals surface area (Å²) in [5.74, 6) is 0.403. The molecule has 5 nitrogen and oxygen atoms in total. The summed E-state index contributed by atoms with van der Waals surface area (Å²) in [5.41, 5.74) is 9.65. The maximum Gasteiger partial charge on any atom is 0.257 e. The third kappa shape index (κ3) is 4.91. The van der Waals surface area contributed by atoms with Gasteiger partial charge >= 0.3 is 0 Å². The highest BCUT2D eigenvalue weighted by molar-refractivity contribution is 5.99. The van der Waals surface area contributed by atoms with Gasteiger partial charge in [-0.05, 0) is 31.2 Å². The molecule has 158 valence electrons. The van der Waals surface area contributed by atoms with Crippen molar-refractivity contribution in [3.63, 3.8) is 0 Å². The number of carbonyl (C=O) groups excluding carboxylic acids is 1. The molecule has 0 spiro atoms. The van der Waals surface area contributed by atoms with E-state index in [4.69, 9.17) is 10.8 Å². The van der Waals surface area contributed by atoms with Gasteiger partial charge in [-0.3, -0.25) is 9.48 Å². The van der Waals surface area contributed by atoms with Crippen LogP contribution in [0.4, 0.5) is 0 Å². The molecule has 3 aromatic rings. The quantitative estimate of drug-likeness (QED) is 0.666. The first-order valence-electron chi connectivity index (χ1n) is 10.3. The third-order valence-corrected chi connectivity index (χ3v) is 5.72. The number of piperidine rings is 1. The average molecular weight is 425 g/mol. The molecule has 2 N–H and O–H groups in total. The Morgan fingerprint density at radius 1 is 1.13 bits per heavy atom. The average Bonchev–Trinajstić information content (AvgIpc) is 3.18. The minimum atomic E-state index is 0. The van der Waals surface area contributed by atoms with Gasteiger partial charge in [-0.15, -0.1) is 12.4 Å². The Bertz CT molecular complexity index is 956. The minimum absolute atomic E-state index is 0. The lowest BCUT2D eigenvalue weighted by Crippen LogP contribution is -2.45. The molecular weight excluding hydrogens is 396 g/mol. The van der Waals surface area contributed by atoms with Crippen LogP contribution in [0.3, 0.4) is 0 Å². The van der Waals surface area contributed by atoms with Crippen molar-refractivity contribution in [2.45, 2.75) is 32.4 Å². The summed E-state index contributed by atoms with van der Waals surface area (Å²) in [6, 6.07) is 20.2. The molecule has 2 unspecified atom stereocenters. The van der Waals surface area contributed by atoms with Crippen LogP contribution in [0.15, 0.2) is 66.9 Å². The van der Waals surface area contributed by atoms with Gasteiger partial charge in [0.25, 0.3) is 5.91 Å². The molecule has 0 bridgehead atoms. The number of hydrogen-bond donors (Lipinski definition) is 1. The van der Waals surface area contributed by atoms with Crippen LogP contribution >= 0.6 is 12.4 Å². The van der Waals surface area contributed by atoms with Crippen molar-refractivity contribution in [1.29, 1.82) is 0 Å². The lowest BCUT2D eigenvalue weighted by molar-refractivity contribution is 0.0661. The van der Waals surface area contributed by atoms with Gasteiger partial charge in [0.15, 0.2) is 0 Å². The zero-order valence-corrected chi connectivity index (χ0v) is 18.1. The second kappa shape index (κ2) is 9.92. The Balaban J connectivity index is 0.00000256. The van der Waals surface area contributed by atoms with Crippen LogP contribution < -0.4 is 5.73 Å². The molecule has 2 atom stereocenters. The zero-order chi connectivity index (χ0) is 20.2. The molecular formula is C24H29ClN4O. The van der Waals surface area contributed by atoms with Gasteiger partial charge < -0.3 is 10.6 Å². The SMILES string of the molecule is CC(N)C1CCCN(C(=O)c2cn(Cc3ccccc3)nc2-c2ccccc2)C1.Cl. The van der Waals surface area contributed by atoms with Crippen molar-refractivity contribution < 1.29 is 4.79 Å². The summed E-state index contributed by atoms with van der Waals surface area (Å²) in [7, 11) is 0. The summed E-state index contributed by atoms with van der Waals surface area (Å²) in [6.45, 7) is 4.16. The van der Waals surface area contributed by atoms with Crippen LogP contribution in [0, 0.1) is 5.92 Å². The molecule has 0 radical (unpaired) electrons. The number of rotatable bonds is 5. The van der Waals surface area contributed by atoms with Crippen molar-refractivity contribution >= 4 is 18.3 Å². The van der Waals surface area contributed by atoms with E-state index in [9.17, 15) is 4.79 Å². The molecule has 0 saturated carbocycles. The molecule has 1 fully saturated rings. The number of halogens is 1. The van der Waals surface area contributed by atoms with E-state index in [1.165, 1.54) is 0 Å². The number of likely N-dealkylation sites (tertiary alicyclic amines) is 1. The fourth-order valence-corrected chi connectivity index (χ4v) is 4.03. The van der Waals surface area contributed by atoms with Crippen LogP contribution in [0.25, 0.3) is 11.3 Å². The zero-order valence-electron chi connectivity index (χ0n) is 17.3. The van der Waals surface area contributed by atoms with Crippen molar-refractivity contribution in [2.24, 2.45) is 11.7 Å². The molecule has 30 heavy (non-hydrogen) atoms. The molecule has 1 amide bonds. The Kier molecular flexibility index (Phi) is 7.29. The Hall–Kier alpha value is -2.63. The highest BCUT2D eigenvalue weighted by atomic mass is 35.5. The lowest BCUT2D eigenvalue weighted by atomic mass is 9.91. The van der Waals surface area contributed by atoms with Gasteiger partial charge in [0.05, 0.1) is 12.1 Å². The van der Waals surface area contributed by atoms with E-state index in [1.807, 2.05) is 71.2 Å². The molecule has 1 aliphatic rings. The first kappa shape index (κ1) is 22.1. The lowest BCUT2D eigenvalue weighted by Gasteiger charge is -2.34. The molecule has 2 heterocycles. The molecule has 6 heteroatoms. The normalized spacial score (nSPS) is 17.3. The third-order valence-electron chi connectivity index (χ3n) is 5.72. The van der Waals surface area contributed by atoms with Crippen molar-refractivity contribution in [1.82, 2.24) is 14.7 Å². The van der Waals surface area contributed by atoms with E-state index in [0.29, 0.717) is 24.6 Å². The highest BCUT2D eigenvalue weighted by Crippen LogP contribution is 2.26. The second-order valence-corrected chi connectivity index (χ2v) is 7.95. The van der Waals surface area contributed by atoms with Crippen LogP contribution in [0.2, 0.25) is 0 Å². The van der Waals surface area contributed by atoms with E-state index in [1.54, 1.807) is 0 Å². The van der Waals surface area contributed by atoms with Crippen LogP contribution in [-0.4, -0.2) is 39.7 Å². The van der Waals surface area contributed by atoms with Gasteiger partial charge in [0, 0.05) is 30.9 Å². The largest absolute Gasteiger partial charge is 0.338 e. The van der Waals surface area contributed by atoms with E-state index in [2.05, 4.69) is 12.1 Å². The van der Waals surface area contributed by atoms with Gasteiger partial charge in [0.2, 0.25) is 0 Å². The van der Waals surface area contributed by atoms with Crippen LogP contribution in [0.1, 0.15) is 35.7 Å². The number of carbonyl (C=O) groups is 1. The first-order valence-corrected chi connectivity index (χ1v) is 10.3. The van der Waals surface area contributed by atoms with Gasteiger partial charge in [-0.2, -0.15) is 5.10 Å². The minimum Gasteiger partial charge on any atom is -0.338 e. The predicted octanol–water partition coefficient (Wildman–Crippen LogP) is 4.22. The number of amides is 1. The fourth-order valence-electron chi connectivity index (χ4n) is 4.03.